The van der Waals surface area contributed by atoms with E-state index in [1.807, 2.05) is 32.9 Å². The zero-order valence-corrected chi connectivity index (χ0v) is 18.9. The maximum absolute atomic E-state index is 13.4. The van der Waals surface area contributed by atoms with Crippen molar-refractivity contribution in [2.24, 2.45) is 0 Å². The molecule has 4 heterocycles. The van der Waals surface area contributed by atoms with Crippen LogP contribution in [-0.4, -0.2) is 56.9 Å². The summed E-state index contributed by atoms with van der Waals surface area (Å²) in [7, 11) is 0. The first-order chi connectivity index (χ1) is 14.4. The van der Waals surface area contributed by atoms with E-state index in [2.05, 4.69) is 4.90 Å². The molecule has 9 heteroatoms. The first-order valence-electron chi connectivity index (χ1n) is 10.0. The number of morpholine rings is 1. The highest BCUT2D eigenvalue weighted by molar-refractivity contribution is 8.26. The fourth-order valence-corrected chi connectivity index (χ4v) is 5.06. The van der Waals surface area contributed by atoms with Crippen molar-refractivity contribution in [2.75, 3.05) is 31.2 Å². The Morgan fingerprint density at radius 3 is 2.77 bits per heavy atom. The highest BCUT2D eigenvalue weighted by atomic mass is 32.2. The number of hydrogen-bond donors (Lipinski definition) is 0. The monoisotopic (exact) mass is 444 g/mol. The van der Waals surface area contributed by atoms with Gasteiger partial charge in [0.05, 0.1) is 23.7 Å². The van der Waals surface area contributed by atoms with Crippen LogP contribution in [-0.2, 0) is 9.53 Å². The van der Waals surface area contributed by atoms with Gasteiger partial charge in [-0.3, -0.25) is 18.9 Å². The van der Waals surface area contributed by atoms with E-state index in [9.17, 15) is 9.59 Å². The molecule has 0 spiro atoms. The second-order valence-electron chi connectivity index (χ2n) is 7.45. The van der Waals surface area contributed by atoms with Crippen molar-refractivity contribution in [3.63, 3.8) is 0 Å². The summed E-state index contributed by atoms with van der Waals surface area (Å²) in [4.78, 5) is 35.5. The van der Waals surface area contributed by atoms with E-state index in [0.717, 1.165) is 12.0 Å². The zero-order chi connectivity index (χ0) is 21.4. The van der Waals surface area contributed by atoms with Crippen LogP contribution in [0.1, 0.15) is 31.4 Å². The summed E-state index contributed by atoms with van der Waals surface area (Å²) in [6.45, 7) is 8.36. The molecule has 2 aliphatic heterocycles. The Balaban J connectivity index is 1.88. The molecular formula is C21H24N4O3S2. The molecule has 7 nitrogen and oxygen atoms in total. The maximum atomic E-state index is 13.4. The molecule has 1 amide bonds. The number of aromatic nitrogens is 2. The Hall–Kier alpha value is -2.23. The fraction of sp³-hybridized carbons (Fsp3) is 0.429. The van der Waals surface area contributed by atoms with Crippen molar-refractivity contribution < 1.29 is 9.53 Å². The van der Waals surface area contributed by atoms with Crippen LogP contribution in [0.4, 0.5) is 5.82 Å². The van der Waals surface area contributed by atoms with Crippen molar-refractivity contribution in [3.8, 4) is 0 Å². The lowest BCUT2D eigenvalue weighted by atomic mass is 10.2. The third kappa shape index (κ3) is 3.66. The van der Waals surface area contributed by atoms with Gasteiger partial charge in [0.25, 0.3) is 11.5 Å². The summed E-state index contributed by atoms with van der Waals surface area (Å²) < 4.78 is 7.54. The van der Waals surface area contributed by atoms with Crippen LogP contribution in [0.5, 0.6) is 0 Å². The molecule has 2 aliphatic rings. The molecule has 2 aromatic rings. The number of thiocarbonyl (C=S) groups is 1. The SMILES string of the molecule is CC[C@H](C)N1C(=O)/C(=C\c2c(N3CCOCC3)nc3c(C)cccn3c2=O)SC1=S. The summed E-state index contributed by atoms with van der Waals surface area (Å²) >= 11 is 6.68. The van der Waals surface area contributed by atoms with Gasteiger partial charge in [0.15, 0.2) is 0 Å². The van der Waals surface area contributed by atoms with Crippen molar-refractivity contribution in [2.45, 2.75) is 33.2 Å². The van der Waals surface area contributed by atoms with Gasteiger partial charge in [-0.05, 0) is 38.0 Å². The molecular weight excluding hydrogens is 420 g/mol. The number of anilines is 1. The molecule has 4 rings (SSSR count). The molecule has 0 bridgehead atoms. The highest BCUT2D eigenvalue weighted by Gasteiger charge is 2.35. The minimum absolute atomic E-state index is 0.0144. The van der Waals surface area contributed by atoms with Crippen molar-refractivity contribution >= 4 is 51.7 Å². The van der Waals surface area contributed by atoms with Gasteiger partial charge >= 0.3 is 0 Å². The van der Waals surface area contributed by atoms with E-state index in [4.69, 9.17) is 21.9 Å². The lowest BCUT2D eigenvalue weighted by Gasteiger charge is -2.29. The number of amides is 1. The van der Waals surface area contributed by atoms with E-state index in [-0.39, 0.29) is 17.5 Å². The Morgan fingerprint density at radius 2 is 2.07 bits per heavy atom. The van der Waals surface area contributed by atoms with Crippen LogP contribution in [0.3, 0.4) is 0 Å². The molecule has 158 valence electrons. The fourth-order valence-electron chi connectivity index (χ4n) is 3.62. The minimum Gasteiger partial charge on any atom is -0.378 e. The number of aryl methyl sites for hydroxylation is 1. The van der Waals surface area contributed by atoms with E-state index in [1.165, 1.54) is 11.8 Å². The molecule has 2 saturated heterocycles. The predicted molar refractivity (Wildman–Crippen MR) is 124 cm³/mol. The van der Waals surface area contributed by atoms with Crippen LogP contribution < -0.4 is 10.5 Å². The molecule has 2 fully saturated rings. The molecule has 0 aromatic carbocycles. The molecule has 2 aromatic heterocycles. The average Bonchev–Trinajstić information content (AvgIpc) is 3.03. The smallest absolute Gasteiger partial charge is 0.267 e. The topological polar surface area (TPSA) is 67.2 Å². The van der Waals surface area contributed by atoms with Gasteiger partial charge in [-0.2, -0.15) is 0 Å². The van der Waals surface area contributed by atoms with Crippen molar-refractivity contribution in [3.05, 3.63) is 44.7 Å². The van der Waals surface area contributed by atoms with Crippen molar-refractivity contribution in [1.82, 2.24) is 14.3 Å². The average molecular weight is 445 g/mol. The second kappa shape index (κ2) is 8.49. The van der Waals surface area contributed by atoms with E-state index in [0.29, 0.717) is 52.6 Å². The van der Waals surface area contributed by atoms with Crippen LogP contribution in [0.2, 0.25) is 0 Å². The maximum Gasteiger partial charge on any atom is 0.267 e. The Bertz CT molecular complexity index is 1110. The van der Waals surface area contributed by atoms with E-state index >= 15 is 0 Å². The number of hydrogen-bond acceptors (Lipinski definition) is 7. The van der Waals surface area contributed by atoms with Crippen LogP contribution in [0.25, 0.3) is 11.7 Å². The van der Waals surface area contributed by atoms with Gasteiger partial charge in [-0.1, -0.05) is 37.0 Å². The highest BCUT2D eigenvalue weighted by Crippen LogP contribution is 2.35. The van der Waals surface area contributed by atoms with Gasteiger partial charge in [-0.15, -0.1) is 0 Å². The number of fused-ring (bicyclic) bond motifs is 1. The number of ether oxygens (including phenoxy) is 1. The Labute approximate surface area is 184 Å². The number of rotatable bonds is 4. The largest absolute Gasteiger partial charge is 0.378 e. The quantitative estimate of drug-likeness (QED) is 0.531. The van der Waals surface area contributed by atoms with Crippen LogP contribution in [0, 0.1) is 6.92 Å². The third-order valence-corrected chi connectivity index (χ3v) is 6.84. The Morgan fingerprint density at radius 1 is 1.33 bits per heavy atom. The van der Waals surface area contributed by atoms with E-state index < -0.39 is 0 Å². The van der Waals surface area contributed by atoms with Gasteiger partial charge in [0.2, 0.25) is 0 Å². The van der Waals surface area contributed by atoms with Crippen LogP contribution in [0.15, 0.2) is 28.0 Å². The van der Waals surface area contributed by atoms with Gasteiger partial charge in [-0.25, -0.2) is 4.98 Å². The summed E-state index contributed by atoms with van der Waals surface area (Å²) in [6.07, 6.45) is 4.18. The number of carbonyl (C=O) groups excluding carboxylic acids is 1. The molecule has 0 unspecified atom stereocenters. The molecule has 0 saturated carbocycles. The normalized spacial score (nSPS) is 19.9. The lowest BCUT2D eigenvalue weighted by molar-refractivity contribution is -0.123. The second-order valence-corrected chi connectivity index (χ2v) is 9.12. The molecule has 0 N–H and O–H groups in total. The molecule has 1 atom stereocenters. The van der Waals surface area contributed by atoms with E-state index in [1.54, 1.807) is 21.6 Å². The standard InChI is InChI=1S/C21H24N4O3S2/c1-4-14(3)25-20(27)16(30-21(25)29)12-15-18(23-8-10-28-11-9-23)22-17-13(2)6-5-7-24(17)19(15)26/h5-7,12,14H,4,8-11H2,1-3H3/b16-12+/t14-/m0/s1. The number of nitrogens with zero attached hydrogens (tertiary/aromatic N) is 4. The Kier molecular flexibility index (Phi) is 5.95. The zero-order valence-electron chi connectivity index (χ0n) is 17.3. The summed E-state index contributed by atoms with van der Waals surface area (Å²) in [6, 6.07) is 3.77. The first-order valence-corrected chi connectivity index (χ1v) is 11.3. The molecule has 30 heavy (non-hydrogen) atoms. The van der Waals surface area contributed by atoms with Gasteiger partial charge in [0.1, 0.15) is 15.8 Å². The van der Waals surface area contributed by atoms with Crippen LogP contribution >= 0.6 is 24.0 Å². The third-order valence-electron chi connectivity index (χ3n) is 5.51. The van der Waals surface area contributed by atoms with Gasteiger partial charge in [0, 0.05) is 25.3 Å². The number of thioether (sulfide) groups is 1. The number of carbonyl (C=O) groups is 1. The molecule has 0 radical (unpaired) electrons. The number of pyridine rings is 1. The summed E-state index contributed by atoms with van der Waals surface area (Å²) in [5.41, 5.74) is 1.75. The first kappa shape index (κ1) is 21.0. The van der Waals surface area contributed by atoms with Gasteiger partial charge < -0.3 is 9.64 Å². The summed E-state index contributed by atoms with van der Waals surface area (Å²) in [5.74, 6) is 0.437. The summed E-state index contributed by atoms with van der Waals surface area (Å²) in [5, 5.41) is 0. The predicted octanol–water partition coefficient (Wildman–Crippen LogP) is 2.84. The molecule has 0 aliphatic carbocycles. The lowest BCUT2D eigenvalue weighted by Crippen LogP contribution is -2.39. The van der Waals surface area contributed by atoms with Crippen molar-refractivity contribution in [1.29, 1.82) is 0 Å². The minimum atomic E-state index is -0.195.